The molecule has 0 amide bonds. The van der Waals surface area contributed by atoms with Crippen LogP contribution >= 0.6 is 11.8 Å². The molecule has 1 fully saturated rings. The van der Waals surface area contributed by atoms with Crippen LogP contribution in [0, 0.1) is 0 Å². The van der Waals surface area contributed by atoms with Gasteiger partial charge < -0.3 is 4.74 Å². The summed E-state index contributed by atoms with van der Waals surface area (Å²) in [5.74, 6) is 0. The van der Waals surface area contributed by atoms with Crippen LogP contribution in [0.2, 0.25) is 0 Å². The Bertz CT molecular complexity index is 121. The third kappa shape index (κ3) is 2.65. The Morgan fingerprint density at radius 1 is 1.64 bits per heavy atom. The molecule has 0 saturated carbocycles. The first-order valence-electron chi connectivity index (χ1n) is 4.12. The van der Waals surface area contributed by atoms with Gasteiger partial charge in [-0.25, -0.2) is 0 Å². The summed E-state index contributed by atoms with van der Waals surface area (Å²) >= 11 is 1.90. The zero-order chi connectivity index (χ0) is 8.27. The third-order valence-electron chi connectivity index (χ3n) is 2.13. The van der Waals surface area contributed by atoms with E-state index >= 15 is 0 Å². The van der Waals surface area contributed by atoms with Crippen LogP contribution in [0.15, 0.2) is 0 Å². The normalized spacial score (nSPS) is 30.3. The van der Waals surface area contributed by atoms with Crippen LogP contribution in [0.4, 0.5) is 0 Å². The van der Waals surface area contributed by atoms with Crippen LogP contribution in [-0.2, 0) is 4.74 Å². The van der Waals surface area contributed by atoms with Crippen molar-refractivity contribution in [1.82, 2.24) is 4.90 Å². The standard InChI is InChI=1S/C8H17NOS/c1-7-6-9(4-5-10-7)8(2)11-3/h7-8H,4-6H2,1-3H3. The monoisotopic (exact) mass is 175 g/mol. The van der Waals surface area contributed by atoms with E-state index in [4.69, 9.17) is 4.74 Å². The highest BCUT2D eigenvalue weighted by molar-refractivity contribution is 7.99. The first-order valence-corrected chi connectivity index (χ1v) is 5.41. The van der Waals surface area contributed by atoms with Gasteiger partial charge in [0.2, 0.25) is 0 Å². The fourth-order valence-electron chi connectivity index (χ4n) is 1.32. The number of hydrogen-bond donors (Lipinski definition) is 0. The lowest BCUT2D eigenvalue weighted by Crippen LogP contribution is -2.44. The van der Waals surface area contributed by atoms with Crippen molar-refractivity contribution >= 4 is 11.8 Å². The molecule has 1 heterocycles. The highest BCUT2D eigenvalue weighted by Crippen LogP contribution is 2.15. The Balaban J connectivity index is 2.33. The lowest BCUT2D eigenvalue weighted by molar-refractivity contribution is -0.0203. The van der Waals surface area contributed by atoms with Gasteiger partial charge in [0.05, 0.1) is 18.1 Å². The Kier molecular flexibility index (Phi) is 3.69. The maximum Gasteiger partial charge on any atom is 0.0674 e. The predicted molar refractivity (Wildman–Crippen MR) is 50.0 cm³/mol. The minimum atomic E-state index is 0.415. The smallest absolute Gasteiger partial charge is 0.0674 e. The zero-order valence-electron chi connectivity index (χ0n) is 7.54. The topological polar surface area (TPSA) is 12.5 Å². The Morgan fingerprint density at radius 3 is 2.91 bits per heavy atom. The van der Waals surface area contributed by atoms with E-state index < -0.39 is 0 Å². The van der Waals surface area contributed by atoms with E-state index in [1.807, 2.05) is 11.8 Å². The van der Waals surface area contributed by atoms with Crippen LogP contribution in [0.3, 0.4) is 0 Å². The number of rotatable bonds is 2. The van der Waals surface area contributed by atoms with Crippen molar-refractivity contribution in [2.45, 2.75) is 25.3 Å². The molecule has 0 N–H and O–H groups in total. The van der Waals surface area contributed by atoms with Gasteiger partial charge in [0.15, 0.2) is 0 Å². The number of thioether (sulfide) groups is 1. The van der Waals surface area contributed by atoms with E-state index in [2.05, 4.69) is 25.0 Å². The van der Waals surface area contributed by atoms with E-state index in [0.717, 1.165) is 19.7 Å². The molecule has 2 unspecified atom stereocenters. The quantitative estimate of drug-likeness (QED) is 0.630. The van der Waals surface area contributed by atoms with Crippen LogP contribution in [0.5, 0.6) is 0 Å². The van der Waals surface area contributed by atoms with E-state index in [1.165, 1.54) is 0 Å². The molecule has 1 saturated heterocycles. The van der Waals surface area contributed by atoms with Gasteiger partial charge in [-0.2, -0.15) is 0 Å². The zero-order valence-corrected chi connectivity index (χ0v) is 8.36. The van der Waals surface area contributed by atoms with Crippen LogP contribution in [0.25, 0.3) is 0 Å². The summed E-state index contributed by atoms with van der Waals surface area (Å²) in [6, 6.07) is 0. The van der Waals surface area contributed by atoms with Crippen molar-refractivity contribution in [3.8, 4) is 0 Å². The molecule has 2 atom stereocenters. The van der Waals surface area contributed by atoms with Crippen LogP contribution in [-0.4, -0.2) is 42.3 Å². The molecule has 11 heavy (non-hydrogen) atoms. The molecule has 1 aliphatic heterocycles. The second kappa shape index (κ2) is 4.33. The van der Waals surface area contributed by atoms with Gasteiger partial charge in [-0.1, -0.05) is 0 Å². The fourth-order valence-corrected chi connectivity index (χ4v) is 1.81. The molecule has 0 aromatic heterocycles. The number of morpholine rings is 1. The Hall–Kier alpha value is 0.270. The van der Waals surface area contributed by atoms with Gasteiger partial charge in [0.25, 0.3) is 0 Å². The Morgan fingerprint density at radius 2 is 2.36 bits per heavy atom. The average molecular weight is 175 g/mol. The Labute approximate surface area is 73.3 Å². The number of nitrogens with zero attached hydrogens (tertiary/aromatic N) is 1. The first-order chi connectivity index (χ1) is 5.24. The van der Waals surface area contributed by atoms with E-state index in [0.29, 0.717) is 11.5 Å². The van der Waals surface area contributed by atoms with E-state index in [9.17, 15) is 0 Å². The van der Waals surface area contributed by atoms with Gasteiger partial charge in [-0.15, -0.1) is 11.8 Å². The fraction of sp³-hybridized carbons (Fsp3) is 1.00. The molecule has 3 heteroatoms. The predicted octanol–water partition coefficient (Wildman–Crippen LogP) is 1.42. The van der Waals surface area contributed by atoms with Gasteiger partial charge >= 0.3 is 0 Å². The first kappa shape index (κ1) is 9.36. The van der Waals surface area contributed by atoms with Crippen molar-refractivity contribution in [2.75, 3.05) is 26.0 Å². The molecular formula is C8H17NOS. The lowest BCUT2D eigenvalue weighted by Gasteiger charge is -2.34. The summed E-state index contributed by atoms with van der Waals surface area (Å²) in [7, 11) is 0. The van der Waals surface area contributed by atoms with Gasteiger partial charge in [-0.3, -0.25) is 4.90 Å². The molecule has 0 aromatic carbocycles. The molecule has 0 aliphatic carbocycles. The summed E-state index contributed by atoms with van der Waals surface area (Å²) in [6.07, 6.45) is 2.57. The van der Waals surface area contributed by atoms with Gasteiger partial charge in [0, 0.05) is 13.1 Å². The summed E-state index contributed by atoms with van der Waals surface area (Å²) in [6.45, 7) is 7.46. The summed E-state index contributed by atoms with van der Waals surface area (Å²) in [5.41, 5.74) is 0. The van der Waals surface area contributed by atoms with Crippen molar-refractivity contribution < 1.29 is 4.74 Å². The molecule has 0 radical (unpaired) electrons. The molecule has 66 valence electrons. The maximum absolute atomic E-state index is 5.45. The molecular weight excluding hydrogens is 158 g/mol. The minimum Gasteiger partial charge on any atom is -0.376 e. The molecule has 0 aromatic rings. The second-order valence-corrected chi connectivity index (χ2v) is 4.16. The minimum absolute atomic E-state index is 0.415. The number of hydrogen-bond acceptors (Lipinski definition) is 3. The van der Waals surface area contributed by atoms with E-state index in [1.54, 1.807) is 0 Å². The van der Waals surface area contributed by atoms with Crippen molar-refractivity contribution in [1.29, 1.82) is 0 Å². The second-order valence-electron chi connectivity index (χ2n) is 3.01. The molecule has 1 aliphatic rings. The van der Waals surface area contributed by atoms with Crippen molar-refractivity contribution in [2.24, 2.45) is 0 Å². The molecule has 2 nitrogen and oxygen atoms in total. The van der Waals surface area contributed by atoms with Crippen LogP contribution < -0.4 is 0 Å². The number of ether oxygens (including phenoxy) is 1. The van der Waals surface area contributed by atoms with Crippen molar-refractivity contribution in [3.63, 3.8) is 0 Å². The average Bonchev–Trinajstić information content (AvgIpc) is 2.03. The summed E-state index contributed by atoms with van der Waals surface area (Å²) < 4.78 is 5.45. The summed E-state index contributed by atoms with van der Waals surface area (Å²) in [5, 5.41) is 0.640. The largest absolute Gasteiger partial charge is 0.376 e. The van der Waals surface area contributed by atoms with Gasteiger partial charge in [0.1, 0.15) is 0 Å². The van der Waals surface area contributed by atoms with Gasteiger partial charge in [-0.05, 0) is 20.1 Å². The summed E-state index contributed by atoms with van der Waals surface area (Å²) in [4.78, 5) is 2.47. The molecule has 1 rings (SSSR count). The van der Waals surface area contributed by atoms with Crippen molar-refractivity contribution in [3.05, 3.63) is 0 Å². The lowest BCUT2D eigenvalue weighted by atomic mass is 10.3. The van der Waals surface area contributed by atoms with Crippen LogP contribution in [0.1, 0.15) is 13.8 Å². The molecule has 0 bridgehead atoms. The maximum atomic E-state index is 5.45. The molecule has 0 spiro atoms. The van der Waals surface area contributed by atoms with E-state index in [-0.39, 0.29) is 0 Å². The highest BCUT2D eigenvalue weighted by Gasteiger charge is 2.20. The SMILES string of the molecule is CSC(C)N1CCOC(C)C1. The third-order valence-corrected chi connectivity index (χ3v) is 3.11. The highest BCUT2D eigenvalue weighted by atomic mass is 32.2.